The molecule has 1 unspecified atom stereocenters. The molecule has 0 aromatic heterocycles. The highest BCUT2D eigenvalue weighted by atomic mass is 35.5. The molecule has 6 nitrogen and oxygen atoms in total. The maximum atomic E-state index is 11.1. The summed E-state index contributed by atoms with van der Waals surface area (Å²) in [6.07, 6.45) is -1.27. The fraction of sp³-hybridized carbons (Fsp3) is 0.385. The Hall–Kier alpha value is -1.63. The van der Waals surface area contributed by atoms with Crippen LogP contribution >= 0.6 is 12.4 Å². The molecule has 0 spiro atoms. The average Bonchev–Trinajstić information content (AvgIpc) is 2.39. The zero-order valence-electron chi connectivity index (χ0n) is 11.0. The molecule has 0 radical (unpaired) electrons. The van der Waals surface area contributed by atoms with Crippen LogP contribution in [0.2, 0.25) is 0 Å². The maximum Gasteiger partial charge on any atom is 0.332 e. The summed E-state index contributed by atoms with van der Waals surface area (Å²) in [5.41, 5.74) is 0.929. The van der Waals surface area contributed by atoms with Crippen molar-refractivity contribution in [1.29, 1.82) is 0 Å². The van der Waals surface area contributed by atoms with E-state index in [0.29, 0.717) is 6.54 Å². The third kappa shape index (κ3) is 6.01. The number of hydrogen-bond acceptors (Lipinski definition) is 4. The van der Waals surface area contributed by atoms with Gasteiger partial charge in [0.05, 0.1) is 0 Å². The van der Waals surface area contributed by atoms with Crippen molar-refractivity contribution in [2.75, 3.05) is 7.11 Å². The predicted molar refractivity (Wildman–Crippen MR) is 75.0 cm³/mol. The quantitative estimate of drug-likeness (QED) is 0.666. The number of rotatable bonds is 8. The lowest BCUT2D eigenvalue weighted by molar-refractivity contribution is -0.150. The van der Waals surface area contributed by atoms with Crippen molar-refractivity contribution in [1.82, 2.24) is 5.32 Å². The first-order valence-electron chi connectivity index (χ1n) is 5.80. The van der Waals surface area contributed by atoms with Gasteiger partial charge in [0.15, 0.2) is 6.10 Å². The van der Waals surface area contributed by atoms with Gasteiger partial charge in [0.25, 0.3) is 0 Å². The number of carbonyl (C=O) groups is 2. The Bertz CT molecular complexity index is 426. The van der Waals surface area contributed by atoms with Gasteiger partial charge in [-0.1, -0.05) is 30.3 Å². The molecule has 0 heterocycles. The Morgan fingerprint density at radius 2 is 1.80 bits per heavy atom. The van der Waals surface area contributed by atoms with Crippen molar-refractivity contribution >= 4 is 24.3 Å². The molecule has 7 heteroatoms. The van der Waals surface area contributed by atoms with E-state index in [4.69, 9.17) is 14.9 Å². The molecular formula is C13H18ClNO5. The molecular weight excluding hydrogens is 286 g/mol. The van der Waals surface area contributed by atoms with Gasteiger partial charge in [-0.05, 0) is 5.56 Å². The minimum absolute atomic E-state index is 0. The summed E-state index contributed by atoms with van der Waals surface area (Å²) < 4.78 is 4.74. The van der Waals surface area contributed by atoms with Crippen molar-refractivity contribution in [2.24, 2.45) is 0 Å². The summed E-state index contributed by atoms with van der Waals surface area (Å²) in [6, 6.07) is 8.31. The monoisotopic (exact) mass is 303 g/mol. The number of carboxylic acids is 2. The summed E-state index contributed by atoms with van der Waals surface area (Å²) >= 11 is 0. The van der Waals surface area contributed by atoms with Gasteiger partial charge in [-0.2, -0.15) is 0 Å². The van der Waals surface area contributed by atoms with Crippen LogP contribution in [0.15, 0.2) is 30.3 Å². The smallest absolute Gasteiger partial charge is 0.332 e. The number of carboxylic acid groups (broad SMARTS) is 2. The van der Waals surface area contributed by atoms with Gasteiger partial charge in [0.2, 0.25) is 0 Å². The number of aliphatic carboxylic acids is 2. The highest BCUT2D eigenvalue weighted by molar-refractivity contribution is 5.85. The van der Waals surface area contributed by atoms with E-state index in [-0.39, 0.29) is 18.8 Å². The summed E-state index contributed by atoms with van der Waals surface area (Å²) in [5, 5.41) is 20.7. The Morgan fingerprint density at radius 1 is 1.20 bits per heavy atom. The van der Waals surface area contributed by atoms with Gasteiger partial charge in [0, 0.05) is 20.1 Å². The van der Waals surface area contributed by atoms with Gasteiger partial charge in [-0.3, -0.25) is 4.79 Å². The van der Waals surface area contributed by atoms with Crippen LogP contribution in [0.4, 0.5) is 0 Å². The molecule has 2 atom stereocenters. The lowest BCUT2D eigenvalue weighted by Crippen LogP contribution is -2.41. The number of hydrogen-bond donors (Lipinski definition) is 3. The van der Waals surface area contributed by atoms with Crippen LogP contribution in [0.3, 0.4) is 0 Å². The van der Waals surface area contributed by atoms with E-state index in [1.54, 1.807) is 0 Å². The van der Waals surface area contributed by atoms with Crippen LogP contribution in [0.1, 0.15) is 12.0 Å². The molecule has 0 amide bonds. The number of methoxy groups -OCH3 is 1. The van der Waals surface area contributed by atoms with Crippen molar-refractivity contribution in [3.05, 3.63) is 35.9 Å². The highest BCUT2D eigenvalue weighted by Crippen LogP contribution is 2.05. The standard InChI is InChI=1S/C13H17NO5.ClH/c1-19-11(13(17)18)7-10(12(15)16)14-8-9-5-3-2-4-6-9;/h2-6,10-11,14H,7-8H2,1H3,(H,15,16)(H,17,18);1H/t10-,11?;/m0./s1. The first kappa shape index (κ1) is 18.4. The second kappa shape index (κ2) is 9.30. The van der Waals surface area contributed by atoms with Gasteiger partial charge in [-0.25, -0.2) is 4.79 Å². The van der Waals surface area contributed by atoms with E-state index < -0.39 is 24.1 Å². The van der Waals surface area contributed by atoms with Crippen molar-refractivity contribution in [3.63, 3.8) is 0 Å². The Balaban J connectivity index is 0.00000361. The lowest BCUT2D eigenvalue weighted by atomic mass is 10.1. The summed E-state index contributed by atoms with van der Waals surface area (Å²) in [5.74, 6) is -2.27. The average molecular weight is 304 g/mol. The topological polar surface area (TPSA) is 95.9 Å². The van der Waals surface area contributed by atoms with Gasteiger partial charge in [0.1, 0.15) is 6.04 Å². The number of ether oxygens (including phenoxy) is 1. The van der Waals surface area contributed by atoms with Crippen molar-refractivity contribution in [3.8, 4) is 0 Å². The summed E-state index contributed by atoms with van der Waals surface area (Å²) in [7, 11) is 1.24. The van der Waals surface area contributed by atoms with Crippen molar-refractivity contribution in [2.45, 2.75) is 25.1 Å². The lowest BCUT2D eigenvalue weighted by Gasteiger charge is -2.18. The fourth-order valence-electron chi connectivity index (χ4n) is 1.62. The largest absolute Gasteiger partial charge is 0.480 e. The minimum Gasteiger partial charge on any atom is -0.480 e. The van der Waals surface area contributed by atoms with Crippen LogP contribution in [-0.2, 0) is 20.9 Å². The Labute approximate surface area is 123 Å². The van der Waals surface area contributed by atoms with Crippen LogP contribution in [0.25, 0.3) is 0 Å². The van der Waals surface area contributed by atoms with E-state index in [2.05, 4.69) is 5.32 Å². The summed E-state index contributed by atoms with van der Waals surface area (Å²) in [6.45, 7) is 0.355. The minimum atomic E-state index is -1.17. The van der Waals surface area contributed by atoms with Gasteiger partial charge < -0.3 is 20.3 Å². The molecule has 0 saturated heterocycles. The van der Waals surface area contributed by atoms with Crippen LogP contribution in [0, 0.1) is 0 Å². The van der Waals surface area contributed by atoms with E-state index >= 15 is 0 Å². The molecule has 0 aliphatic rings. The Morgan fingerprint density at radius 3 is 2.25 bits per heavy atom. The van der Waals surface area contributed by atoms with Gasteiger partial charge >= 0.3 is 11.9 Å². The zero-order valence-corrected chi connectivity index (χ0v) is 11.8. The highest BCUT2D eigenvalue weighted by Gasteiger charge is 2.26. The third-order valence-corrected chi connectivity index (χ3v) is 2.70. The maximum absolute atomic E-state index is 11.1. The van der Waals surface area contributed by atoms with Crippen LogP contribution in [0.5, 0.6) is 0 Å². The summed E-state index contributed by atoms with van der Waals surface area (Å²) in [4.78, 5) is 21.9. The SMILES string of the molecule is COC(C[C@H](NCc1ccccc1)C(=O)O)C(=O)O.Cl. The van der Waals surface area contributed by atoms with Crippen LogP contribution < -0.4 is 5.32 Å². The molecule has 1 rings (SSSR count). The number of halogens is 1. The molecule has 0 aliphatic heterocycles. The normalized spacial score (nSPS) is 13.1. The molecule has 3 N–H and O–H groups in total. The second-order valence-corrected chi connectivity index (χ2v) is 4.06. The van der Waals surface area contributed by atoms with E-state index in [1.807, 2.05) is 30.3 Å². The van der Waals surface area contributed by atoms with Crippen LogP contribution in [-0.4, -0.2) is 41.4 Å². The predicted octanol–water partition coefficient (Wildman–Crippen LogP) is 1.14. The molecule has 0 fully saturated rings. The first-order valence-corrected chi connectivity index (χ1v) is 5.80. The molecule has 0 bridgehead atoms. The zero-order chi connectivity index (χ0) is 14.3. The molecule has 0 aliphatic carbocycles. The van der Waals surface area contributed by atoms with Crippen molar-refractivity contribution < 1.29 is 24.5 Å². The second-order valence-electron chi connectivity index (χ2n) is 4.06. The molecule has 1 aromatic rings. The first-order chi connectivity index (χ1) is 9.04. The molecule has 20 heavy (non-hydrogen) atoms. The Kier molecular flexibility index (Phi) is 8.54. The van der Waals surface area contributed by atoms with Gasteiger partial charge in [-0.15, -0.1) is 12.4 Å². The van der Waals surface area contributed by atoms with E-state index in [0.717, 1.165) is 5.56 Å². The molecule has 0 saturated carbocycles. The number of benzene rings is 1. The van der Waals surface area contributed by atoms with E-state index in [9.17, 15) is 9.59 Å². The number of nitrogens with one attached hydrogen (secondary N) is 1. The fourth-order valence-corrected chi connectivity index (χ4v) is 1.62. The molecule has 1 aromatic carbocycles. The van der Waals surface area contributed by atoms with E-state index in [1.165, 1.54) is 7.11 Å². The molecule has 112 valence electrons. The third-order valence-electron chi connectivity index (χ3n) is 2.70.